The van der Waals surface area contributed by atoms with Crippen molar-refractivity contribution in [1.29, 1.82) is 0 Å². The zero-order chi connectivity index (χ0) is 25.5. The van der Waals surface area contributed by atoms with Crippen LogP contribution in [0.15, 0.2) is 48.5 Å². The zero-order valence-electron chi connectivity index (χ0n) is 20.3. The van der Waals surface area contributed by atoms with Crippen LogP contribution in [0.5, 0.6) is 5.75 Å². The topological polar surface area (TPSA) is 131 Å². The van der Waals surface area contributed by atoms with Gasteiger partial charge >= 0.3 is 12.0 Å². The number of carbonyl (C=O) groups is 3. The number of hydrogen-bond donors (Lipinski definition) is 5. The van der Waals surface area contributed by atoms with Crippen LogP contribution in [0.25, 0.3) is 0 Å². The molecule has 0 aromatic heterocycles. The number of carboxylic acid groups (broad SMARTS) is 1. The molecule has 9 nitrogen and oxygen atoms in total. The molecule has 2 aliphatic rings. The highest BCUT2D eigenvalue weighted by Gasteiger charge is 2.29. The SMILES string of the molecule is O=C(Nc1ccc(C(=O)O)cc1)N[C@@H](Cc1ccc(O)cc1)C(=O)NC1CCCCN(CC2CC2)C1. The third kappa shape index (κ3) is 7.71. The van der Waals surface area contributed by atoms with Gasteiger partial charge in [0.05, 0.1) is 5.56 Å². The van der Waals surface area contributed by atoms with Crippen LogP contribution >= 0.6 is 0 Å². The number of urea groups is 1. The van der Waals surface area contributed by atoms with Crippen LogP contribution in [0.1, 0.15) is 48.0 Å². The summed E-state index contributed by atoms with van der Waals surface area (Å²) < 4.78 is 0. The monoisotopic (exact) mass is 494 g/mol. The lowest BCUT2D eigenvalue weighted by atomic mass is 10.0. The van der Waals surface area contributed by atoms with E-state index >= 15 is 0 Å². The van der Waals surface area contributed by atoms with Crippen LogP contribution in [0.2, 0.25) is 0 Å². The van der Waals surface area contributed by atoms with E-state index in [0.29, 0.717) is 5.69 Å². The number of amides is 3. The Kier molecular flexibility index (Phi) is 8.43. The number of phenolic OH excluding ortho intramolecular Hbond substituents is 1. The van der Waals surface area contributed by atoms with Gasteiger partial charge in [-0.15, -0.1) is 0 Å². The number of likely N-dealkylation sites (tertiary alicyclic amines) is 1. The Hall–Kier alpha value is -3.59. The lowest BCUT2D eigenvalue weighted by molar-refractivity contribution is -0.123. The highest BCUT2D eigenvalue weighted by molar-refractivity contribution is 5.94. The predicted molar refractivity (Wildman–Crippen MR) is 136 cm³/mol. The lowest BCUT2D eigenvalue weighted by Gasteiger charge is -2.27. The summed E-state index contributed by atoms with van der Waals surface area (Å²) in [5.41, 5.74) is 1.33. The Balaban J connectivity index is 1.41. The summed E-state index contributed by atoms with van der Waals surface area (Å²) in [6.07, 6.45) is 5.92. The Morgan fingerprint density at radius 2 is 1.69 bits per heavy atom. The first-order valence-electron chi connectivity index (χ1n) is 12.6. The summed E-state index contributed by atoms with van der Waals surface area (Å²) in [5.74, 6) is -0.385. The first-order valence-corrected chi connectivity index (χ1v) is 12.6. The molecule has 2 aromatic rings. The van der Waals surface area contributed by atoms with E-state index in [-0.39, 0.29) is 29.7 Å². The first kappa shape index (κ1) is 25.5. The van der Waals surface area contributed by atoms with Crippen LogP contribution < -0.4 is 16.0 Å². The molecule has 1 unspecified atom stereocenters. The van der Waals surface area contributed by atoms with Crippen molar-refractivity contribution in [2.75, 3.05) is 25.0 Å². The fourth-order valence-corrected chi connectivity index (χ4v) is 4.57. The van der Waals surface area contributed by atoms with Crippen LogP contribution in [-0.2, 0) is 11.2 Å². The molecule has 2 aromatic carbocycles. The molecule has 0 spiro atoms. The number of benzene rings is 2. The summed E-state index contributed by atoms with van der Waals surface area (Å²) in [7, 11) is 0. The third-order valence-electron chi connectivity index (χ3n) is 6.70. The molecule has 2 atom stereocenters. The van der Waals surface area contributed by atoms with E-state index < -0.39 is 18.0 Å². The number of aromatic hydroxyl groups is 1. The number of rotatable bonds is 9. The van der Waals surface area contributed by atoms with Crippen LogP contribution in [0.4, 0.5) is 10.5 Å². The summed E-state index contributed by atoms with van der Waals surface area (Å²) in [5, 5.41) is 27.2. The molecule has 1 saturated carbocycles. The van der Waals surface area contributed by atoms with Crippen molar-refractivity contribution in [3.63, 3.8) is 0 Å². The van der Waals surface area contributed by atoms with Gasteiger partial charge < -0.3 is 31.1 Å². The number of hydrogen-bond acceptors (Lipinski definition) is 5. The largest absolute Gasteiger partial charge is 0.508 e. The minimum atomic E-state index is -1.05. The molecule has 5 N–H and O–H groups in total. The molecule has 0 radical (unpaired) electrons. The van der Waals surface area contributed by atoms with Crippen molar-refractivity contribution in [1.82, 2.24) is 15.5 Å². The standard InChI is InChI=1S/C27H34N4O5/c32-23-12-6-18(7-13-23)15-24(30-27(36)29-21-10-8-20(9-11-21)26(34)35)25(33)28-22-3-1-2-14-31(17-22)16-19-4-5-19/h6-13,19,22,24,32H,1-5,14-17H2,(H,28,33)(H,34,35)(H2,29,30,36)/t22?,24-/m0/s1. The number of carboxylic acids is 1. The molecule has 1 heterocycles. The van der Waals surface area contributed by atoms with E-state index in [9.17, 15) is 19.5 Å². The second-order valence-electron chi connectivity index (χ2n) is 9.81. The van der Waals surface area contributed by atoms with E-state index in [1.165, 1.54) is 37.1 Å². The number of phenols is 1. The summed E-state index contributed by atoms with van der Waals surface area (Å²) in [6.45, 7) is 2.96. The fraction of sp³-hybridized carbons (Fsp3) is 0.444. The van der Waals surface area contributed by atoms with E-state index in [1.807, 2.05) is 0 Å². The average Bonchev–Trinajstić information content (AvgIpc) is 3.68. The molecule has 1 aliphatic heterocycles. The van der Waals surface area contributed by atoms with Crippen molar-refractivity contribution in [3.05, 3.63) is 59.7 Å². The molecule has 192 valence electrons. The molecule has 4 rings (SSSR count). The number of anilines is 1. The second-order valence-corrected chi connectivity index (χ2v) is 9.81. The quantitative estimate of drug-likeness (QED) is 0.364. The van der Waals surface area contributed by atoms with E-state index in [4.69, 9.17) is 5.11 Å². The molecule has 2 fully saturated rings. The van der Waals surface area contributed by atoms with Gasteiger partial charge in [0.2, 0.25) is 5.91 Å². The Bertz CT molecular complexity index is 1050. The maximum absolute atomic E-state index is 13.4. The van der Waals surface area contributed by atoms with Gasteiger partial charge in [0.1, 0.15) is 11.8 Å². The normalized spacial score (nSPS) is 19.1. The Morgan fingerprint density at radius 1 is 0.972 bits per heavy atom. The number of aromatic carboxylic acids is 1. The average molecular weight is 495 g/mol. The molecule has 0 bridgehead atoms. The molecular weight excluding hydrogens is 460 g/mol. The van der Waals surface area contributed by atoms with E-state index in [1.54, 1.807) is 24.3 Å². The Morgan fingerprint density at radius 3 is 2.36 bits per heavy atom. The Labute approximate surface area is 210 Å². The first-order chi connectivity index (χ1) is 17.4. The van der Waals surface area contributed by atoms with Gasteiger partial charge in [-0.05, 0) is 80.1 Å². The summed E-state index contributed by atoms with van der Waals surface area (Å²) in [4.78, 5) is 39.6. The maximum atomic E-state index is 13.4. The van der Waals surface area contributed by atoms with E-state index in [0.717, 1.165) is 50.4 Å². The lowest BCUT2D eigenvalue weighted by Crippen LogP contribution is -2.53. The number of nitrogens with zero attached hydrogens (tertiary/aromatic N) is 1. The zero-order valence-corrected chi connectivity index (χ0v) is 20.3. The summed E-state index contributed by atoms with van der Waals surface area (Å²) >= 11 is 0. The molecule has 3 amide bonds. The van der Waals surface area contributed by atoms with Crippen molar-refractivity contribution < 1.29 is 24.6 Å². The van der Waals surface area contributed by atoms with Crippen molar-refractivity contribution >= 4 is 23.6 Å². The number of carbonyl (C=O) groups excluding carboxylic acids is 2. The van der Waals surface area contributed by atoms with Crippen LogP contribution in [-0.4, -0.2) is 64.7 Å². The van der Waals surface area contributed by atoms with E-state index in [2.05, 4.69) is 20.9 Å². The van der Waals surface area contributed by atoms with Gasteiger partial charge in [-0.3, -0.25) is 4.79 Å². The van der Waals surface area contributed by atoms with Gasteiger partial charge in [-0.25, -0.2) is 9.59 Å². The predicted octanol–water partition coefficient (Wildman–Crippen LogP) is 3.20. The fourth-order valence-electron chi connectivity index (χ4n) is 4.57. The van der Waals surface area contributed by atoms with Crippen molar-refractivity contribution in [3.8, 4) is 5.75 Å². The minimum absolute atomic E-state index is 0.0227. The number of nitrogens with one attached hydrogen (secondary N) is 3. The van der Waals surface area contributed by atoms with Crippen molar-refractivity contribution in [2.45, 2.75) is 50.6 Å². The van der Waals surface area contributed by atoms with Gasteiger partial charge in [0, 0.05) is 31.2 Å². The second kappa shape index (κ2) is 11.9. The maximum Gasteiger partial charge on any atom is 0.335 e. The molecule has 1 saturated heterocycles. The van der Waals surface area contributed by atoms with Gasteiger partial charge in [-0.1, -0.05) is 18.6 Å². The van der Waals surface area contributed by atoms with Gasteiger partial charge in [0.25, 0.3) is 0 Å². The molecular formula is C27H34N4O5. The highest BCUT2D eigenvalue weighted by atomic mass is 16.4. The smallest absolute Gasteiger partial charge is 0.335 e. The molecule has 36 heavy (non-hydrogen) atoms. The molecule has 9 heteroatoms. The molecule has 1 aliphatic carbocycles. The van der Waals surface area contributed by atoms with Gasteiger partial charge in [0.15, 0.2) is 0 Å². The van der Waals surface area contributed by atoms with Gasteiger partial charge in [-0.2, -0.15) is 0 Å². The highest BCUT2D eigenvalue weighted by Crippen LogP contribution is 2.30. The van der Waals surface area contributed by atoms with Crippen LogP contribution in [0.3, 0.4) is 0 Å². The summed E-state index contributed by atoms with van der Waals surface area (Å²) in [6, 6.07) is 11.0. The third-order valence-corrected chi connectivity index (χ3v) is 6.70. The minimum Gasteiger partial charge on any atom is -0.508 e. The van der Waals surface area contributed by atoms with Crippen molar-refractivity contribution in [2.24, 2.45) is 5.92 Å². The van der Waals surface area contributed by atoms with Crippen LogP contribution in [0, 0.1) is 5.92 Å².